The van der Waals surface area contributed by atoms with Crippen LogP contribution in [0.1, 0.15) is 69.9 Å². The minimum Gasteiger partial charge on any atom is -0.611 e. The van der Waals surface area contributed by atoms with E-state index in [1.165, 1.54) is 23.7 Å². The Bertz CT molecular complexity index is 1330. The van der Waals surface area contributed by atoms with Crippen molar-refractivity contribution in [3.63, 3.8) is 0 Å². The van der Waals surface area contributed by atoms with E-state index in [-0.39, 0.29) is 18.5 Å². The number of amides is 1. The number of alkyl halides is 3. The third-order valence-corrected chi connectivity index (χ3v) is 10.2. The van der Waals surface area contributed by atoms with Crippen LogP contribution in [0.4, 0.5) is 13.2 Å². The molecule has 2 aliphatic heterocycles. The van der Waals surface area contributed by atoms with Gasteiger partial charge in [-0.1, -0.05) is 0 Å². The molecular weight excluding hydrogens is 563 g/mol. The Morgan fingerprint density at radius 1 is 1.23 bits per heavy atom. The Morgan fingerprint density at radius 2 is 1.95 bits per heavy atom. The molecule has 214 valence electrons. The second kappa shape index (κ2) is 11.7. The fourth-order valence-corrected chi connectivity index (χ4v) is 7.21. The number of halogens is 3. The van der Waals surface area contributed by atoms with Crippen LogP contribution in [0.5, 0.6) is 0 Å². The maximum Gasteiger partial charge on any atom is 0.451 e. The van der Waals surface area contributed by atoms with Gasteiger partial charge in [0, 0.05) is 42.0 Å². The van der Waals surface area contributed by atoms with Gasteiger partial charge in [0.25, 0.3) is 5.91 Å². The van der Waals surface area contributed by atoms with Crippen molar-refractivity contribution in [1.29, 1.82) is 0 Å². The summed E-state index contributed by atoms with van der Waals surface area (Å²) in [6.07, 6.45) is 1.68. The zero-order chi connectivity index (χ0) is 28.5. The molecule has 5 rings (SSSR count). The molecule has 3 aromatic heterocycles. The van der Waals surface area contributed by atoms with Gasteiger partial charge in [-0.2, -0.15) is 13.2 Å². The van der Waals surface area contributed by atoms with E-state index in [0.717, 1.165) is 16.9 Å². The van der Waals surface area contributed by atoms with Gasteiger partial charge < -0.3 is 14.6 Å². The molecule has 0 aliphatic carbocycles. The van der Waals surface area contributed by atoms with E-state index in [0.29, 0.717) is 59.3 Å². The Kier molecular flexibility index (Phi) is 8.48. The molecule has 0 bridgehead atoms. The van der Waals surface area contributed by atoms with E-state index in [1.807, 2.05) is 19.9 Å². The first-order valence-electron chi connectivity index (χ1n) is 13.1. The van der Waals surface area contributed by atoms with Crippen LogP contribution in [0, 0.1) is 0 Å². The van der Waals surface area contributed by atoms with Crippen LogP contribution in [0.3, 0.4) is 0 Å². The number of carbonyl (C=O) groups excluding carboxylic acids is 1. The summed E-state index contributed by atoms with van der Waals surface area (Å²) in [5, 5.41) is 2.93. The summed E-state index contributed by atoms with van der Waals surface area (Å²) in [4.78, 5) is 28.9. The molecule has 5 heterocycles. The Balaban J connectivity index is 1.22. The fraction of sp³-hybridized carbons (Fsp3) is 0.481. The molecule has 8 nitrogen and oxygen atoms in total. The molecule has 0 aromatic carbocycles. The van der Waals surface area contributed by atoms with Crippen LogP contribution in [0.25, 0.3) is 0 Å². The second-order valence-electron chi connectivity index (χ2n) is 9.91. The Morgan fingerprint density at radius 3 is 2.58 bits per heavy atom. The molecule has 1 unspecified atom stereocenters. The van der Waals surface area contributed by atoms with E-state index >= 15 is 0 Å². The summed E-state index contributed by atoms with van der Waals surface area (Å²) in [5.41, 5.74) is 1.97. The van der Waals surface area contributed by atoms with Gasteiger partial charge >= 0.3 is 6.18 Å². The Labute approximate surface area is 237 Å². The third kappa shape index (κ3) is 6.03. The number of fused-ring (bicyclic) bond motifs is 2. The predicted octanol–water partition coefficient (Wildman–Crippen LogP) is 4.63. The van der Waals surface area contributed by atoms with Crippen LogP contribution in [-0.2, 0) is 40.7 Å². The molecule has 40 heavy (non-hydrogen) atoms. The average molecular weight is 594 g/mol. The highest BCUT2D eigenvalue weighted by Crippen LogP contribution is 2.46. The summed E-state index contributed by atoms with van der Waals surface area (Å²) >= 11 is 0.393. The number of hydrogen-bond acceptors (Lipinski definition) is 8. The molecule has 2 atom stereocenters. The molecule has 1 amide bonds. The van der Waals surface area contributed by atoms with Gasteiger partial charge in [-0.25, -0.2) is 9.97 Å². The van der Waals surface area contributed by atoms with Gasteiger partial charge in [0.2, 0.25) is 5.82 Å². The highest BCUT2D eigenvalue weighted by molar-refractivity contribution is 7.91. The van der Waals surface area contributed by atoms with Crippen molar-refractivity contribution in [2.24, 2.45) is 0 Å². The molecule has 0 radical (unpaired) electrons. The van der Waals surface area contributed by atoms with Crippen LogP contribution >= 0.6 is 11.3 Å². The zero-order valence-electron chi connectivity index (χ0n) is 22.2. The number of thiophene rings is 1. The first-order chi connectivity index (χ1) is 19.1. The monoisotopic (exact) mass is 593 g/mol. The minimum absolute atomic E-state index is 0.142. The highest BCUT2D eigenvalue weighted by Gasteiger charge is 2.43. The largest absolute Gasteiger partial charge is 0.611 e. The molecule has 13 heteroatoms. The number of likely N-dealkylation sites (tertiary alicyclic amines) is 1. The lowest BCUT2D eigenvalue weighted by atomic mass is 9.84. The fourth-order valence-electron chi connectivity index (χ4n) is 5.16. The molecule has 1 fully saturated rings. The number of hydrogen-bond donors (Lipinski definition) is 1. The van der Waals surface area contributed by atoms with E-state index in [9.17, 15) is 22.5 Å². The lowest BCUT2D eigenvalue weighted by Gasteiger charge is -2.45. The molecule has 1 spiro atoms. The summed E-state index contributed by atoms with van der Waals surface area (Å²) in [5.74, 6) is -0.788. The zero-order valence-corrected chi connectivity index (χ0v) is 23.8. The van der Waals surface area contributed by atoms with Gasteiger partial charge in [0.1, 0.15) is 11.4 Å². The van der Waals surface area contributed by atoms with Crippen LogP contribution < -0.4 is 5.32 Å². The number of piperidine rings is 1. The van der Waals surface area contributed by atoms with Gasteiger partial charge in [-0.05, 0) is 68.0 Å². The number of nitrogens with one attached hydrogen (secondary N) is 1. The SMILES string of the molecule is CC[S+]([O-])c1ccc(CNC(=O)c2cc3c(s2)C2(CCN([C@H](C)c4cnc(C(F)(F)F)nc4)CC2)OCC3)nc1. The topological polar surface area (TPSA) is 103 Å². The van der Waals surface area contributed by atoms with Crippen molar-refractivity contribution in [2.45, 2.75) is 62.4 Å². The number of nitrogens with zero attached hydrogens (tertiary/aromatic N) is 4. The van der Waals surface area contributed by atoms with E-state index in [2.05, 4.69) is 25.2 Å². The van der Waals surface area contributed by atoms with Crippen LogP contribution in [-0.4, -0.2) is 55.8 Å². The van der Waals surface area contributed by atoms with Crippen molar-refractivity contribution in [2.75, 3.05) is 25.4 Å². The van der Waals surface area contributed by atoms with Crippen LogP contribution in [0.15, 0.2) is 41.7 Å². The average Bonchev–Trinajstić information content (AvgIpc) is 3.42. The number of aromatic nitrogens is 3. The van der Waals surface area contributed by atoms with Gasteiger partial charge in [-0.15, -0.1) is 11.3 Å². The lowest BCUT2D eigenvalue weighted by molar-refractivity contribution is -0.145. The van der Waals surface area contributed by atoms with Crippen molar-refractivity contribution < 1.29 is 27.3 Å². The van der Waals surface area contributed by atoms with Crippen LogP contribution in [0.2, 0.25) is 0 Å². The maximum atomic E-state index is 13.0. The molecule has 0 saturated carbocycles. The normalized spacial score (nSPS) is 18.8. The highest BCUT2D eigenvalue weighted by atomic mass is 32.2. The van der Waals surface area contributed by atoms with Crippen molar-refractivity contribution in [1.82, 2.24) is 25.2 Å². The van der Waals surface area contributed by atoms with Crippen molar-refractivity contribution in [3.05, 3.63) is 69.2 Å². The standard InChI is InChI=1S/C27H30F3N5O3S2/c1-3-40(37)21-5-4-20(31-16-21)15-32-24(36)22-12-18-6-11-38-26(23(18)39-22)7-9-35(10-8-26)17(2)19-13-33-25(34-14-19)27(28,29)30/h4-5,12-14,16-17H,3,6-11,15H2,1-2H3,(H,32,36)/t17-,40?/m1/s1. The smallest absolute Gasteiger partial charge is 0.451 e. The first kappa shape index (κ1) is 28.9. The van der Waals surface area contributed by atoms with Gasteiger partial charge in [-0.3, -0.25) is 14.7 Å². The number of ether oxygens (including phenoxy) is 1. The van der Waals surface area contributed by atoms with Gasteiger partial charge in [0.05, 0.1) is 29.9 Å². The molecule has 1 N–H and O–H groups in total. The van der Waals surface area contributed by atoms with E-state index in [4.69, 9.17) is 4.74 Å². The van der Waals surface area contributed by atoms with E-state index < -0.39 is 28.8 Å². The van der Waals surface area contributed by atoms with E-state index in [1.54, 1.807) is 18.3 Å². The molecule has 3 aromatic rings. The number of pyridine rings is 1. The molecule has 2 aliphatic rings. The number of carbonyl (C=O) groups is 1. The third-order valence-electron chi connectivity index (χ3n) is 7.51. The number of rotatable bonds is 7. The summed E-state index contributed by atoms with van der Waals surface area (Å²) in [6, 6.07) is 5.36. The summed E-state index contributed by atoms with van der Waals surface area (Å²) in [7, 11) is 0. The summed E-state index contributed by atoms with van der Waals surface area (Å²) in [6.45, 7) is 6.00. The second-order valence-corrected chi connectivity index (χ2v) is 12.7. The quantitative estimate of drug-likeness (QED) is 0.399. The first-order valence-corrected chi connectivity index (χ1v) is 15.2. The van der Waals surface area contributed by atoms with Crippen molar-refractivity contribution in [3.8, 4) is 0 Å². The minimum atomic E-state index is -4.56. The summed E-state index contributed by atoms with van der Waals surface area (Å²) < 4.78 is 56.8. The molecule has 1 saturated heterocycles. The predicted molar refractivity (Wildman–Crippen MR) is 144 cm³/mol. The van der Waals surface area contributed by atoms with Crippen molar-refractivity contribution >= 4 is 28.4 Å². The lowest BCUT2D eigenvalue weighted by Crippen LogP contribution is -2.46. The Hall–Kier alpha value is -2.58. The maximum absolute atomic E-state index is 13.0. The molecular formula is C27H30F3N5O3S2. The van der Waals surface area contributed by atoms with Gasteiger partial charge in [0.15, 0.2) is 4.90 Å².